The molecule has 2 rings (SSSR count). The molecule has 3 nitrogen and oxygen atoms in total. The van der Waals surface area contributed by atoms with Gasteiger partial charge in [0.2, 0.25) is 0 Å². The third-order valence-electron chi connectivity index (χ3n) is 2.75. The summed E-state index contributed by atoms with van der Waals surface area (Å²) in [4.78, 5) is 0. The van der Waals surface area contributed by atoms with Crippen LogP contribution in [0.25, 0.3) is 0 Å². The van der Waals surface area contributed by atoms with Gasteiger partial charge in [-0.25, -0.2) is 5.43 Å². The number of hydrogen-bond acceptors (Lipinski definition) is 3. The first-order chi connectivity index (χ1) is 8.52. The van der Waals surface area contributed by atoms with Crippen LogP contribution in [0.15, 0.2) is 36.1 Å². The summed E-state index contributed by atoms with van der Waals surface area (Å²) in [7, 11) is 0. The highest BCUT2D eigenvalue weighted by atomic mass is 19.4. The van der Waals surface area contributed by atoms with Crippen molar-refractivity contribution >= 4 is 0 Å². The van der Waals surface area contributed by atoms with E-state index in [-0.39, 0.29) is 0 Å². The quantitative estimate of drug-likeness (QED) is 0.647. The Morgan fingerprint density at radius 3 is 2.33 bits per heavy atom. The molecule has 0 spiro atoms. The number of halogens is 3. The molecular weight excluding hydrogens is 245 g/mol. The summed E-state index contributed by atoms with van der Waals surface area (Å²) in [5, 5.41) is 0. The van der Waals surface area contributed by atoms with Crippen molar-refractivity contribution in [3.05, 3.63) is 47.2 Å². The summed E-state index contributed by atoms with van der Waals surface area (Å²) >= 11 is 0. The summed E-state index contributed by atoms with van der Waals surface area (Å²) in [5.41, 5.74) is 2.50. The van der Waals surface area contributed by atoms with Gasteiger partial charge in [0.05, 0.1) is 12.2 Å². The monoisotopic (exact) mass is 258 g/mol. The highest BCUT2D eigenvalue weighted by Gasteiger charge is 2.30. The van der Waals surface area contributed by atoms with E-state index in [0.29, 0.717) is 17.9 Å². The molecule has 1 unspecified atom stereocenters. The molecule has 18 heavy (non-hydrogen) atoms. The van der Waals surface area contributed by atoms with Gasteiger partial charge in [0, 0.05) is 6.42 Å². The van der Waals surface area contributed by atoms with Crippen LogP contribution in [0.3, 0.4) is 0 Å². The summed E-state index contributed by atoms with van der Waals surface area (Å²) < 4.78 is 42.6. The summed E-state index contributed by atoms with van der Waals surface area (Å²) in [6.45, 7) is 0.578. The second-order valence-electron chi connectivity index (χ2n) is 3.96. The zero-order valence-electron chi connectivity index (χ0n) is 9.50. The molecule has 0 radical (unpaired) electrons. The Kier molecular flexibility index (Phi) is 3.58. The highest BCUT2D eigenvalue weighted by Crippen LogP contribution is 2.31. The maximum Gasteiger partial charge on any atom is 0.416 e. The molecule has 6 heteroatoms. The van der Waals surface area contributed by atoms with Crippen LogP contribution in [0.2, 0.25) is 0 Å². The molecule has 0 bridgehead atoms. The largest absolute Gasteiger partial charge is 0.496 e. The van der Waals surface area contributed by atoms with Gasteiger partial charge in [0.25, 0.3) is 0 Å². The van der Waals surface area contributed by atoms with Crippen molar-refractivity contribution in [2.45, 2.75) is 18.6 Å². The molecule has 0 fully saturated rings. The van der Waals surface area contributed by atoms with Crippen LogP contribution in [0.4, 0.5) is 13.2 Å². The Hall–Kier alpha value is -1.53. The van der Waals surface area contributed by atoms with E-state index in [4.69, 9.17) is 10.6 Å². The molecule has 1 aromatic rings. The first kappa shape index (κ1) is 12.9. The SMILES string of the molecule is NNC(C1=CCCO1)c1ccc(C(F)(F)F)cc1. The molecule has 1 heterocycles. The van der Waals surface area contributed by atoms with Crippen LogP contribution in [0.1, 0.15) is 23.6 Å². The first-order valence-corrected chi connectivity index (χ1v) is 5.48. The van der Waals surface area contributed by atoms with Crippen molar-refractivity contribution in [1.82, 2.24) is 5.43 Å². The average molecular weight is 258 g/mol. The fraction of sp³-hybridized carbons (Fsp3) is 0.333. The van der Waals surface area contributed by atoms with Crippen LogP contribution in [-0.2, 0) is 10.9 Å². The lowest BCUT2D eigenvalue weighted by Crippen LogP contribution is -2.29. The number of benzene rings is 1. The Balaban J connectivity index is 2.22. The predicted octanol–water partition coefficient (Wildman–Crippen LogP) is 2.51. The minimum Gasteiger partial charge on any atom is -0.496 e. The minimum absolute atomic E-state index is 0.408. The van der Waals surface area contributed by atoms with Gasteiger partial charge in [-0.3, -0.25) is 5.84 Å². The van der Waals surface area contributed by atoms with E-state index in [1.165, 1.54) is 12.1 Å². The van der Waals surface area contributed by atoms with E-state index in [1.807, 2.05) is 6.08 Å². The molecule has 0 saturated heterocycles. The number of hydrogen-bond donors (Lipinski definition) is 2. The van der Waals surface area contributed by atoms with Crippen LogP contribution < -0.4 is 11.3 Å². The van der Waals surface area contributed by atoms with E-state index in [0.717, 1.165) is 18.6 Å². The Morgan fingerprint density at radius 1 is 1.22 bits per heavy atom. The van der Waals surface area contributed by atoms with Crippen molar-refractivity contribution in [3.8, 4) is 0 Å². The van der Waals surface area contributed by atoms with Crippen molar-refractivity contribution < 1.29 is 17.9 Å². The average Bonchev–Trinajstić information content (AvgIpc) is 2.83. The number of alkyl halides is 3. The van der Waals surface area contributed by atoms with Crippen molar-refractivity contribution in [3.63, 3.8) is 0 Å². The van der Waals surface area contributed by atoms with Crippen molar-refractivity contribution in [2.75, 3.05) is 6.61 Å². The zero-order chi connectivity index (χ0) is 13.2. The summed E-state index contributed by atoms with van der Waals surface area (Å²) in [5.74, 6) is 6.07. The van der Waals surface area contributed by atoms with Gasteiger partial charge in [-0.1, -0.05) is 12.1 Å². The fourth-order valence-corrected chi connectivity index (χ4v) is 1.85. The van der Waals surface area contributed by atoms with E-state index in [1.54, 1.807) is 0 Å². The number of rotatable bonds is 3. The lowest BCUT2D eigenvalue weighted by Gasteiger charge is -2.18. The first-order valence-electron chi connectivity index (χ1n) is 5.48. The molecule has 0 aliphatic carbocycles. The van der Waals surface area contributed by atoms with Gasteiger partial charge in [-0.2, -0.15) is 13.2 Å². The number of nitrogens with one attached hydrogen (secondary N) is 1. The number of ether oxygens (including phenoxy) is 1. The topological polar surface area (TPSA) is 47.3 Å². The van der Waals surface area contributed by atoms with Crippen LogP contribution in [-0.4, -0.2) is 6.61 Å². The summed E-state index contributed by atoms with van der Waals surface area (Å²) in [6.07, 6.45) is -1.66. The van der Waals surface area contributed by atoms with Crippen molar-refractivity contribution in [1.29, 1.82) is 0 Å². The van der Waals surface area contributed by atoms with E-state index >= 15 is 0 Å². The van der Waals surface area contributed by atoms with E-state index < -0.39 is 17.8 Å². The molecule has 0 saturated carbocycles. The molecule has 0 aromatic heterocycles. The Labute approximate surface area is 102 Å². The third-order valence-corrected chi connectivity index (χ3v) is 2.75. The molecule has 1 aromatic carbocycles. The van der Waals surface area contributed by atoms with Crippen LogP contribution in [0.5, 0.6) is 0 Å². The van der Waals surface area contributed by atoms with Crippen LogP contribution >= 0.6 is 0 Å². The van der Waals surface area contributed by atoms with Gasteiger partial charge in [0.15, 0.2) is 0 Å². The minimum atomic E-state index is -4.33. The molecule has 98 valence electrons. The van der Waals surface area contributed by atoms with Crippen LogP contribution in [0, 0.1) is 0 Å². The molecule has 1 atom stereocenters. The third kappa shape index (κ3) is 2.65. The normalized spacial score (nSPS) is 17.2. The second-order valence-corrected chi connectivity index (χ2v) is 3.96. The van der Waals surface area contributed by atoms with E-state index in [2.05, 4.69) is 5.43 Å². The molecule has 0 amide bonds. The zero-order valence-corrected chi connectivity index (χ0v) is 9.50. The Morgan fingerprint density at radius 2 is 1.89 bits per heavy atom. The van der Waals surface area contributed by atoms with Gasteiger partial charge in [-0.05, 0) is 23.8 Å². The molecular formula is C12H13F3N2O. The molecule has 3 N–H and O–H groups in total. The van der Waals surface area contributed by atoms with Gasteiger partial charge in [-0.15, -0.1) is 0 Å². The lowest BCUT2D eigenvalue weighted by molar-refractivity contribution is -0.137. The van der Waals surface area contributed by atoms with Gasteiger partial charge >= 0.3 is 6.18 Å². The second kappa shape index (κ2) is 4.99. The number of hydrazine groups is 1. The maximum atomic E-state index is 12.4. The van der Waals surface area contributed by atoms with E-state index in [9.17, 15) is 13.2 Å². The van der Waals surface area contributed by atoms with Gasteiger partial charge < -0.3 is 4.74 Å². The maximum absolute atomic E-state index is 12.4. The molecule has 1 aliphatic heterocycles. The standard InChI is InChI=1S/C12H13F3N2O/c13-12(14,15)9-5-3-8(4-6-9)11(17-16)10-2-1-7-18-10/h2-6,11,17H,1,7,16H2. The Bertz CT molecular complexity index is 440. The predicted molar refractivity (Wildman–Crippen MR) is 60.2 cm³/mol. The summed E-state index contributed by atoms with van der Waals surface area (Å²) in [6, 6.07) is 4.46. The van der Waals surface area contributed by atoms with Crippen molar-refractivity contribution in [2.24, 2.45) is 5.84 Å². The highest BCUT2D eigenvalue weighted by molar-refractivity contribution is 5.31. The number of nitrogens with two attached hydrogens (primary N) is 1. The smallest absolute Gasteiger partial charge is 0.416 e. The molecule has 1 aliphatic rings. The fourth-order valence-electron chi connectivity index (χ4n) is 1.85. The lowest BCUT2D eigenvalue weighted by atomic mass is 10.0. The van der Waals surface area contributed by atoms with Gasteiger partial charge in [0.1, 0.15) is 11.8 Å².